The molecule has 2 aromatic rings. The molecule has 1 aromatic heterocycles. The summed E-state index contributed by atoms with van der Waals surface area (Å²) in [4.78, 5) is 11.7. The lowest BCUT2D eigenvalue weighted by atomic mass is 10.2. The van der Waals surface area contributed by atoms with Gasteiger partial charge in [0.2, 0.25) is 0 Å². The molecule has 1 aliphatic rings. The highest BCUT2D eigenvalue weighted by Gasteiger charge is 2.24. The second kappa shape index (κ2) is 4.79. The van der Waals surface area contributed by atoms with Crippen LogP contribution in [0.5, 0.6) is 0 Å². The normalized spacial score (nSPS) is 14.4. The van der Waals surface area contributed by atoms with Gasteiger partial charge in [0, 0.05) is 6.04 Å². The van der Waals surface area contributed by atoms with Crippen molar-refractivity contribution in [3.05, 3.63) is 47.5 Å². The molecule has 1 saturated carbocycles. The first-order valence-electron chi connectivity index (χ1n) is 6.16. The van der Waals surface area contributed by atoms with E-state index in [1.807, 2.05) is 0 Å². The van der Waals surface area contributed by atoms with Crippen molar-refractivity contribution < 1.29 is 9.18 Å². The molecular weight excluding hydrogens is 247 g/mol. The number of hydrogen-bond acceptors (Lipinski definition) is 3. The lowest BCUT2D eigenvalue weighted by Gasteiger charge is -2.00. The van der Waals surface area contributed by atoms with Gasteiger partial charge < -0.3 is 5.32 Å². The first-order chi connectivity index (χ1) is 9.20. The maximum Gasteiger partial charge on any atom is 0.273 e. The van der Waals surface area contributed by atoms with E-state index in [4.69, 9.17) is 0 Å². The molecule has 6 heteroatoms. The lowest BCUT2D eigenvalue weighted by Crippen LogP contribution is -2.25. The molecule has 0 atom stereocenters. The molecule has 19 heavy (non-hydrogen) atoms. The summed E-state index contributed by atoms with van der Waals surface area (Å²) in [5.41, 5.74) is 1.22. The zero-order valence-electron chi connectivity index (χ0n) is 10.2. The highest BCUT2D eigenvalue weighted by molar-refractivity contribution is 5.92. The molecule has 1 heterocycles. The molecule has 0 radical (unpaired) electrons. The van der Waals surface area contributed by atoms with Crippen LogP contribution in [0.15, 0.2) is 30.5 Å². The standard InChI is InChI=1S/C13H13FN4O/c14-10-3-1-9(2-4-10)7-18-8-12(16-17-18)13(19)15-11-5-6-11/h1-4,8,11H,5-7H2,(H,15,19). The van der Waals surface area contributed by atoms with Gasteiger partial charge in [0.25, 0.3) is 5.91 Å². The quantitative estimate of drug-likeness (QED) is 0.903. The Hall–Kier alpha value is -2.24. The fourth-order valence-corrected chi connectivity index (χ4v) is 1.74. The molecule has 3 rings (SSSR count). The molecule has 98 valence electrons. The van der Waals surface area contributed by atoms with Crippen molar-refractivity contribution in [1.82, 2.24) is 20.3 Å². The molecule has 1 aliphatic carbocycles. The van der Waals surface area contributed by atoms with Crippen LogP contribution >= 0.6 is 0 Å². The van der Waals surface area contributed by atoms with Gasteiger partial charge in [0.1, 0.15) is 5.82 Å². The Bertz CT molecular complexity index is 589. The van der Waals surface area contributed by atoms with Gasteiger partial charge in [-0.15, -0.1) is 5.10 Å². The smallest absolute Gasteiger partial charge is 0.273 e. The zero-order valence-corrected chi connectivity index (χ0v) is 10.2. The van der Waals surface area contributed by atoms with Crippen LogP contribution in [0.4, 0.5) is 4.39 Å². The van der Waals surface area contributed by atoms with Gasteiger partial charge in [0.05, 0.1) is 12.7 Å². The summed E-state index contributed by atoms with van der Waals surface area (Å²) in [6.45, 7) is 0.462. The van der Waals surface area contributed by atoms with Crippen molar-refractivity contribution in [2.75, 3.05) is 0 Å². The molecular formula is C13H13FN4O. The molecule has 0 saturated heterocycles. The van der Waals surface area contributed by atoms with Crippen LogP contribution in [-0.4, -0.2) is 26.9 Å². The van der Waals surface area contributed by atoms with E-state index in [1.165, 1.54) is 12.1 Å². The molecule has 0 aliphatic heterocycles. The van der Waals surface area contributed by atoms with E-state index in [2.05, 4.69) is 15.6 Å². The van der Waals surface area contributed by atoms with Crippen LogP contribution in [0.25, 0.3) is 0 Å². The second-order valence-electron chi connectivity index (χ2n) is 4.68. The fraction of sp³-hybridized carbons (Fsp3) is 0.308. The van der Waals surface area contributed by atoms with Crippen molar-refractivity contribution in [3.8, 4) is 0 Å². The van der Waals surface area contributed by atoms with Gasteiger partial charge in [-0.3, -0.25) is 4.79 Å². The summed E-state index contributed by atoms with van der Waals surface area (Å²) >= 11 is 0. The molecule has 1 fully saturated rings. The summed E-state index contributed by atoms with van der Waals surface area (Å²) < 4.78 is 14.3. The minimum atomic E-state index is -0.271. The highest BCUT2D eigenvalue weighted by atomic mass is 19.1. The van der Waals surface area contributed by atoms with E-state index < -0.39 is 0 Å². The number of carbonyl (C=O) groups is 1. The summed E-state index contributed by atoms with van der Waals surface area (Å²) in [6.07, 6.45) is 3.67. The highest BCUT2D eigenvalue weighted by Crippen LogP contribution is 2.19. The maximum absolute atomic E-state index is 12.8. The number of carbonyl (C=O) groups excluding carboxylic acids is 1. The van der Waals surface area contributed by atoms with Gasteiger partial charge in [-0.05, 0) is 30.5 Å². The largest absolute Gasteiger partial charge is 0.348 e. The van der Waals surface area contributed by atoms with E-state index in [1.54, 1.807) is 23.0 Å². The summed E-state index contributed by atoms with van der Waals surface area (Å²) in [5, 5.41) is 10.6. The van der Waals surface area contributed by atoms with Crippen molar-refractivity contribution in [3.63, 3.8) is 0 Å². The molecule has 0 unspecified atom stereocenters. The van der Waals surface area contributed by atoms with Crippen LogP contribution in [-0.2, 0) is 6.54 Å². The van der Waals surface area contributed by atoms with Gasteiger partial charge >= 0.3 is 0 Å². The Balaban J connectivity index is 1.66. The van der Waals surface area contributed by atoms with Gasteiger partial charge in [-0.1, -0.05) is 17.3 Å². The second-order valence-corrected chi connectivity index (χ2v) is 4.68. The first kappa shape index (κ1) is 11.8. The Labute approximate surface area is 109 Å². The van der Waals surface area contributed by atoms with Crippen LogP contribution in [0.1, 0.15) is 28.9 Å². The maximum atomic E-state index is 12.8. The molecule has 1 N–H and O–H groups in total. The number of hydrogen-bond donors (Lipinski definition) is 1. The minimum absolute atomic E-state index is 0.187. The van der Waals surface area contributed by atoms with E-state index in [9.17, 15) is 9.18 Å². The predicted octanol–water partition coefficient (Wildman–Crippen LogP) is 1.36. The Kier molecular flexibility index (Phi) is 2.98. The SMILES string of the molecule is O=C(NC1CC1)c1cn(Cc2ccc(F)cc2)nn1. The predicted molar refractivity (Wildman–Crippen MR) is 66.0 cm³/mol. The van der Waals surface area contributed by atoms with Gasteiger partial charge in [-0.2, -0.15) is 0 Å². The number of halogens is 1. The van der Waals surface area contributed by atoms with Crippen molar-refractivity contribution in [2.45, 2.75) is 25.4 Å². The average Bonchev–Trinajstić information content (AvgIpc) is 3.08. The van der Waals surface area contributed by atoms with Crippen LogP contribution in [0, 0.1) is 5.82 Å². The van der Waals surface area contributed by atoms with Crippen LogP contribution in [0.3, 0.4) is 0 Å². The number of rotatable bonds is 4. The van der Waals surface area contributed by atoms with Crippen LogP contribution < -0.4 is 5.32 Å². The average molecular weight is 260 g/mol. The lowest BCUT2D eigenvalue weighted by molar-refractivity contribution is 0.0946. The summed E-state index contributed by atoms with van der Waals surface area (Å²) in [6, 6.07) is 6.46. The third-order valence-corrected chi connectivity index (χ3v) is 2.94. The monoisotopic (exact) mass is 260 g/mol. The molecule has 0 spiro atoms. The van der Waals surface area contributed by atoms with Crippen molar-refractivity contribution in [2.24, 2.45) is 0 Å². The zero-order chi connectivity index (χ0) is 13.2. The van der Waals surface area contributed by atoms with E-state index >= 15 is 0 Å². The van der Waals surface area contributed by atoms with E-state index in [0.29, 0.717) is 18.3 Å². The third kappa shape index (κ3) is 2.96. The van der Waals surface area contributed by atoms with Crippen molar-refractivity contribution in [1.29, 1.82) is 0 Å². The Morgan fingerprint density at radius 1 is 1.37 bits per heavy atom. The fourth-order valence-electron chi connectivity index (χ4n) is 1.74. The number of amides is 1. The minimum Gasteiger partial charge on any atom is -0.348 e. The topological polar surface area (TPSA) is 59.8 Å². The number of benzene rings is 1. The third-order valence-electron chi connectivity index (χ3n) is 2.94. The summed E-state index contributed by atoms with van der Waals surface area (Å²) in [5.74, 6) is -0.459. The van der Waals surface area contributed by atoms with Crippen LogP contribution in [0.2, 0.25) is 0 Å². The number of aromatic nitrogens is 3. The molecule has 5 nitrogen and oxygen atoms in total. The van der Waals surface area contributed by atoms with E-state index in [-0.39, 0.29) is 11.7 Å². The molecule has 1 aromatic carbocycles. The number of nitrogens with one attached hydrogen (secondary N) is 1. The van der Waals surface area contributed by atoms with Gasteiger partial charge in [0.15, 0.2) is 5.69 Å². The molecule has 1 amide bonds. The van der Waals surface area contributed by atoms with Crippen molar-refractivity contribution >= 4 is 5.91 Å². The van der Waals surface area contributed by atoms with E-state index in [0.717, 1.165) is 18.4 Å². The van der Waals surface area contributed by atoms with Gasteiger partial charge in [-0.25, -0.2) is 9.07 Å². The Morgan fingerprint density at radius 2 is 2.11 bits per heavy atom. The Morgan fingerprint density at radius 3 is 2.79 bits per heavy atom. The number of nitrogens with zero attached hydrogens (tertiary/aromatic N) is 3. The summed E-state index contributed by atoms with van der Waals surface area (Å²) in [7, 11) is 0. The molecule has 0 bridgehead atoms. The first-order valence-corrected chi connectivity index (χ1v) is 6.16.